The van der Waals surface area contributed by atoms with Gasteiger partial charge in [0.15, 0.2) is 0 Å². The molecule has 0 unspecified atom stereocenters. The molecule has 20 heavy (non-hydrogen) atoms. The van der Waals surface area contributed by atoms with Gasteiger partial charge in [-0.15, -0.1) is 0 Å². The summed E-state index contributed by atoms with van der Waals surface area (Å²) in [4.78, 5) is 11.2. The van der Waals surface area contributed by atoms with Crippen molar-refractivity contribution in [1.29, 1.82) is 0 Å². The van der Waals surface area contributed by atoms with Crippen molar-refractivity contribution in [1.82, 2.24) is 4.31 Å². The number of aliphatic hydroxyl groups is 1. The van der Waals surface area contributed by atoms with Crippen LogP contribution >= 0.6 is 0 Å². The summed E-state index contributed by atoms with van der Waals surface area (Å²) in [5.74, 6) is -1.23. The maximum atomic E-state index is 12.3. The number of aliphatic carboxylic acids is 1. The molecule has 0 bridgehead atoms. The highest BCUT2D eigenvalue weighted by molar-refractivity contribution is 7.89. The minimum Gasteiger partial charge on any atom is -0.480 e. The molecule has 0 saturated carbocycles. The van der Waals surface area contributed by atoms with Crippen LogP contribution in [0.3, 0.4) is 0 Å². The van der Waals surface area contributed by atoms with Gasteiger partial charge in [-0.05, 0) is 19.3 Å². The highest BCUT2D eigenvalue weighted by atomic mass is 32.2. The molecule has 120 valence electrons. The van der Waals surface area contributed by atoms with Crippen LogP contribution in [0.5, 0.6) is 0 Å². The van der Waals surface area contributed by atoms with Gasteiger partial charge >= 0.3 is 5.97 Å². The van der Waals surface area contributed by atoms with Gasteiger partial charge in [0.1, 0.15) is 6.04 Å². The summed E-state index contributed by atoms with van der Waals surface area (Å²) in [7, 11) is -3.59. The van der Waals surface area contributed by atoms with E-state index in [1.54, 1.807) is 6.92 Å². The molecule has 0 aromatic rings. The van der Waals surface area contributed by atoms with Crippen molar-refractivity contribution in [2.24, 2.45) is 0 Å². The topological polar surface area (TPSA) is 94.9 Å². The van der Waals surface area contributed by atoms with E-state index in [2.05, 4.69) is 0 Å². The zero-order chi connectivity index (χ0) is 15.6. The van der Waals surface area contributed by atoms with Gasteiger partial charge in [0.25, 0.3) is 0 Å². The van der Waals surface area contributed by atoms with Crippen LogP contribution in [0, 0.1) is 0 Å². The summed E-state index contributed by atoms with van der Waals surface area (Å²) >= 11 is 0. The number of carbonyl (C=O) groups is 1. The van der Waals surface area contributed by atoms with Gasteiger partial charge in [0.2, 0.25) is 10.0 Å². The predicted molar refractivity (Wildman–Crippen MR) is 78.1 cm³/mol. The van der Waals surface area contributed by atoms with Crippen LogP contribution < -0.4 is 0 Å². The molecular weight excluding hydrogens is 282 g/mol. The quantitative estimate of drug-likeness (QED) is 0.532. The van der Waals surface area contributed by atoms with E-state index in [-0.39, 0.29) is 25.3 Å². The molecule has 7 heteroatoms. The first-order chi connectivity index (χ1) is 9.40. The van der Waals surface area contributed by atoms with Crippen molar-refractivity contribution < 1.29 is 23.4 Å². The number of rotatable bonds is 12. The van der Waals surface area contributed by atoms with Crippen LogP contribution in [0.4, 0.5) is 0 Å². The van der Waals surface area contributed by atoms with Crippen molar-refractivity contribution >= 4 is 16.0 Å². The van der Waals surface area contributed by atoms with E-state index in [1.165, 1.54) is 0 Å². The molecule has 1 atom stereocenters. The molecule has 0 aliphatic carbocycles. The van der Waals surface area contributed by atoms with Crippen molar-refractivity contribution in [3.63, 3.8) is 0 Å². The molecule has 0 amide bonds. The first-order valence-corrected chi connectivity index (χ1v) is 8.84. The van der Waals surface area contributed by atoms with Gasteiger partial charge in [0, 0.05) is 13.2 Å². The van der Waals surface area contributed by atoms with E-state index in [1.807, 2.05) is 6.92 Å². The third-order valence-electron chi connectivity index (χ3n) is 3.09. The molecule has 0 spiro atoms. The fourth-order valence-electron chi connectivity index (χ4n) is 2.05. The number of unbranched alkanes of at least 4 members (excludes halogenated alkanes) is 3. The molecule has 6 nitrogen and oxygen atoms in total. The van der Waals surface area contributed by atoms with Crippen LogP contribution in [0.2, 0.25) is 0 Å². The third kappa shape index (κ3) is 6.67. The molecule has 0 aliphatic rings. The second-order valence-corrected chi connectivity index (χ2v) is 6.89. The van der Waals surface area contributed by atoms with E-state index >= 15 is 0 Å². The largest absolute Gasteiger partial charge is 0.480 e. The Balaban J connectivity index is 4.88. The van der Waals surface area contributed by atoms with E-state index in [9.17, 15) is 13.2 Å². The van der Waals surface area contributed by atoms with Crippen molar-refractivity contribution in [2.45, 2.75) is 58.4 Å². The van der Waals surface area contributed by atoms with Gasteiger partial charge in [-0.3, -0.25) is 4.79 Å². The van der Waals surface area contributed by atoms with Crippen LogP contribution in [0.1, 0.15) is 52.4 Å². The normalized spacial score (nSPS) is 13.6. The number of hydrogen-bond acceptors (Lipinski definition) is 4. The maximum Gasteiger partial charge on any atom is 0.322 e. The Hall–Kier alpha value is -0.660. The van der Waals surface area contributed by atoms with Gasteiger partial charge < -0.3 is 10.2 Å². The molecule has 0 heterocycles. The molecule has 2 N–H and O–H groups in total. The molecule has 0 aromatic carbocycles. The molecular formula is C13H27NO5S. The standard InChI is InChI=1S/C13H27NO5S/c1-3-5-6-7-11-20(18,19)14(9-4-2)12(8-10-15)13(16)17/h12,15H,3-11H2,1-2H3,(H,16,17)/t12-/m0/s1. The highest BCUT2D eigenvalue weighted by Crippen LogP contribution is 2.15. The SMILES string of the molecule is CCCCCCS(=O)(=O)N(CCC)[C@@H](CCO)C(=O)O. The van der Waals surface area contributed by atoms with Crippen molar-refractivity contribution in [2.75, 3.05) is 18.9 Å². The first kappa shape index (κ1) is 19.3. The van der Waals surface area contributed by atoms with Gasteiger partial charge in [-0.25, -0.2) is 8.42 Å². The van der Waals surface area contributed by atoms with E-state index in [0.717, 1.165) is 23.6 Å². The Morgan fingerprint density at radius 3 is 2.25 bits per heavy atom. The minimum absolute atomic E-state index is 0.0256. The summed E-state index contributed by atoms with van der Waals surface area (Å²) in [6.45, 7) is 3.67. The third-order valence-corrected chi connectivity index (χ3v) is 5.05. The summed E-state index contributed by atoms with van der Waals surface area (Å²) in [6.07, 6.45) is 3.82. The number of aliphatic hydroxyl groups excluding tert-OH is 1. The summed E-state index contributed by atoms with van der Waals surface area (Å²) < 4.78 is 25.6. The zero-order valence-corrected chi connectivity index (χ0v) is 13.2. The molecule has 0 aliphatic heterocycles. The average Bonchev–Trinajstić information content (AvgIpc) is 2.38. The van der Waals surface area contributed by atoms with E-state index < -0.39 is 22.0 Å². The van der Waals surface area contributed by atoms with Crippen LogP contribution in [0.25, 0.3) is 0 Å². The molecule has 0 radical (unpaired) electrons. The Bertz CT molecular complexity index is 369. The van der Waals surface area contributed by atoms with Crippen molar-refractivity contribution in [3.8, 4) is 0 Å². The molecule has 0 fully saturated rings. The van der Waals surface area contributed by atoms with E-state index in [4.69, 9.17) is 10.2 Å². The first-order valence-electron chi connectivity index (χ1n) is 7.23. The highest BCUT2D eigenvalue weighted by Gasteiger charge is 2.33. The number of nitrogens with zero attached hydrogens (tertiary/aromatic N) is 1. The monoisotopic (exact) mass is 309 g/mol. The fraction of sp³-hybridized carbons (Fsp3) is 0.923. The van der Waals surface area contributed by atoms with E-state index in [0.29, 0.717) is 12.8 Å². The van der Waals surface area contributed by atoms with Gasteiger partial charge in [-0.2, -0.15) is 4.31 Å². The zero-order valence-electron chi connectivity index (χ0n) is 12.4. The van der Waals surface area contributed by atoms with Crippen LogP contribution in [0.15, 0.2) is 0 Å². The lowest BCUT2D eigenvalue weighted by molar-refractivity contribution is -0.142. The van der Waals surface area contributed by atoms with Crippen LogP contribution in [-0.4, -0.2) is 53.9 Å². The Kier molecular flexibility index (Phi) is 9.79. The second kappa shape index (κ2) is 10.1. The second-order valence-electron chi connectivity index (χ2n) is 4.85. The Morgan fingerprint density at radius 2 is 1.80 bits per heavy atom. The average molecular weight is 309 g/mol. The lowest BCUT2D eigenvalue weighted by Gasteiger charge is -2.27. The number of hydrogen-bond donors (Lipinski definition) is 2. The molecule has 0 rings (SSSR count). The Labute approximate surface area is 121 Å². The summed E-state index contributed by atoms with van der Waals surface area (Å²) in [6, 6.07) is -1.17. The minimum atomic E-state index is -3.59. The molecule has 0 saturated heterocycles. The van der Waals surface area contributed by atoms with Gasteiger partial charge in [-0.1, -0.05) is 33.1 Å². The van der Waals surface area contributed by atoms with Crippen LogP contribution in [-0.2, 0) is 14.8 Å². The predicted octanol–water partition coefficient (Wildman–Crippen LogP) is 1.44. The number of carboxylic acid groups (broad SMARTS) is 1. The van der Waals surface area contributed by atoms with Gasteiger partial charge in [0.05, 0.1) is 5.75 Å². The Morgan fingerprint density at radius 1 is 1.15 bits per heavy atom. The molecule has 0 aromatic heterocycles. The fourth-order valence-corrected chi connectivity index (χ4v) is 3.90. The van der Waals surface area contributed by atoms with Crippen molar-refractivity contribution in [3.05, 3.63) is 0 Å². The lowest BCUT2D eigenvalue weighted by Crippen LogP contribution is -2.46. The lowest BCUT2D eigenvalue weighted by atomic mass is 10.2. The smallest absolute Gasteiger partial charge is 0.322 e. The number of sulfonamides is 1. The maximum absolute atomic E-state index is 12.3. The number of carboxylic acids is 1. The summed E-state index contributed by atoms with van der Waals surface area (Å²) in [5.41, 5.74) is 0. The summed E-state index contributed by atoms with van der Waals surface area (Å²) in [5, 5.41) is 18.1.